The molecular weight excluding hydrogens is 371 g/mol. The number of fused-ring (bicyclic) bond motifs is 1. The fourth-order valence-corrected chi connectivity index (χ4v) is 4.37. The Hall–Kier alpha value is -3.03. The van der Waals surface area contributed by atoms with Crippen molar-refractivity contribution < 1.29 is 9.18 Å². The second-order valence-corrected chi connectivity index (χ2v) is 7.56. The number of halogens is 1. The van der Waals surface area contributed by atoms with Gasteiger partial charge in [0.15, 0.2) is 5.82 Å². The predicted octanol–water partition coefficient (Wildman–Crippen LogP) is 2.29. The minimum absolute atomic E-state index is 0.0549. The van der Waals surface area contributed by atoms with Crippen LogP contribution in [-0.4, -0.2) is 52.8 Å². The Morgan fingerprint density at radius 1 is 1.28 bits per heavy atom. The first-order valence-corrected chi connectivity index (χ1v) is 10.0. The SMILES string of the molecule is N/C=N\c1ncccc1CCC[C@@H]1C[C@@H]2CN(c3ccc(F)cn3)CCN2C1=O. The van der Waals surface area contributed by atoms with Crippen molar-refractivity contribution in [2.75, 3.05) is 24.5 Å². The first-order valence-electron chi connectivity index (χ1n) is 10.0. The molecule has 2 aromatic heterocycles. The zero-order valence-corrected chi connectivity index (χ0v) is 16.2. The number of aliphatic imine (C=N–C) groups is 1. The van der Waals surface area contributed by atoms with Crippen molar-refractivity contribution in [3.8, 4) is 0 Å². The molecule has 0 aliphatic carbocycles. The van der Waals surface area contributed by atoms with E-state index in [-0.39, 0.29) is 23.7 Å². The van der Waals surface area contributed by atoms with E-state index in [4.69, 9.17) is 5.73 Å². The van der Waals surface area contributed by atoms with Crippen LogP contribution in [0.25, 0.3) is 0 Å². The summed E-state index contributed by atoms with van der Waals surface area (Å²) in [6.07, 6.45) is 7.63. The molecule has 2 fully saturated rings. The second-order valence-electron chi connectivity index (χ2n) is 7.56. The third kappa shape index (κ3) is 4.21. The number of hydrogen-bond donors (Lipinski definition) is 1. The van der Waals surface area contributed by atoms with E-state index in [1.54, 1.807) is 12.3 Å². The number of aromatic nitrogens is 2. The molecule has 0 radical (unpaired) electrons. The molecule has 4 heterocycles. The Morgan fingerprint density at radius 2 is 2.17 bits per heavy atom. The quantitative estimate of drug-likeness (QED) is 0.598. The smallest absolute Gasteiger partial charge is 0.226 e. The van der Waals surface area contributed by atoms with Gasteiger partial charge in [-0.1, -0.05) is 6.07 Å². The lowest BCUT2D eigenvalue weighted by Gasteiger charge is -2.38. The number of hydrogen-bond acceptors (Lipinski definition) is 5. The lowest BCUT2D eigenvalue weighted by molar-refractivity contribution is -0.132. The number of rotatable bonds is 6. The minimum Gasteiger partial charge on any atom is -0.390 e. The summed E-state index contributed by atoms with van der Waals surface area (Å²) in [6.45, 7) is 2.17. The number of piperazine rings is 1. The highest BCUT2D eigenvalue weighted by Gasteiger charge is 2.42. The van der Waals surface area contributed by atoms with Crippen LogP contribution >= 0.6 is 0 Å². The molecule has 8 heteroatoms. The Kier molecular flexibility index (Phi) is 5.69. The third-order valence-corrected chi connectivity index (χ3v) is 5.77. The van der Waals surface area contributed by atoms with Crippen LogP contribution in [0, 0.1) is 11.7 Å². The lowest BCUT2D eigenvalue weighted by atomic mass is 9.96. The summed E-state index contributed by atoms with van der Waals surface area (Å²) in [6, 6.07) is 7.23. The maximum Gasteiger partial charge on any atom is 0.226 e. The molecule has 0 spiro atoms. The maximum absolute atomic E-state index is 13.1. The van der Waals surface area contributed by atoms with Crippen molar-refractivity contribution in [3.63, 3.8) is 0 Å². The van der Waals surface area contributed by atoms with Crippen LogP contribution in [0.5, 0.6) is 0 Å². The lowest BCUT2D eigenvalue weighted by Crippen LogP contribution is -2.51. The average Bonchev–Trinajstić information content (AvgIpc) is 3.05. The van der Waals surface area contributed by atoms with Gasteiger partial charge in [0.25, 0.3) is 0 Å². The van der Waals surface area contributed by atoms with E-state index in [0.717, 1.165) is 50.2 Å². The molecule has 7 nitrogen and oxygen atoms in total. The van der Waals surface area contributed by atoms with Crippen molar-refractivity contribution in [1.82, 2.24) is 14.9 Å². The number of pyridine rings is 2. The normalized spacial score (nSPS) is 21.8. The Labute approximate surface area is 169 Å². The molecular formula is C21H25FN6O. The largest absolute Gasteiger partial charge is 0.390 e. The second kappa shape index (κ2) is 8.55. The third-order valence-electron chi connectivity index (χ3n) is 5.77. The molecule has 0 aromatic carbocycles. The summed E-state index contributed by atoms with van der Waals surface area (Å²) < 4.78 is 13.1. The number of anilines is 1. The van der Waals surface area contributed by atoms with Crippen molar-refractivity contribution in [2.24, 2.45) is 16.6 Å². The molecule has 2 aliphatic heterocycles. The molecule has 0 unspecified atom stereocenters. The highest BCUT2D eigenvalue weighted by atomic mass is 19.1. The molecule has 2 saturated heterocycles. The first-order chi connectivity index (χ1) is 14.2. The van der Waals surface area contributed by atoms with E-state index < -0.39 is 0 Å². The molecule has 2 aromatic rings. The van der Waals surface area contributed by atoms with Gasteiger partial charge >= 0.3 is 0 Å². The van der Waals surface area contributed by atoms with E-state index in [2.05, 4.69) is 19.9 Å². The molecule has 0 bridgehead atoms. The summed E-state index contributed by atoms with van der Waals surface area (Å²) in [5.74, 6) is 1.39. The fraction of sp³-hybridized carbons (Fsp3) is 0.429. The summed E-state index contributed by atoms with van der Waals surface area (Å²) in [5, 5.41) is 0. The van der Waals surface area contributed by atoms with E-state index in [0.29, 0.717) is 12.4 Å². The molecule has 152 valence electrons. The van der Waals surface area contributed by atoms with Gasteiger partial charge in [0.1, 0.15) is 11.6 Å². The van der Waals surface area contributed by atoms with Crippen LogP contribution in [0.1, 0.15) is 24.8 Å². The summed E-state index contributed by atoms with van der Waals surface area (Å²) in [4.78, 5) is 29.5. The molecule has 1 amide bonds. The van der Waals surface area contributed by atoms with Crippen LogP contribution < -0.4 is 10.6 Å². The van der Waals surface area contributed by atoms with E-state index >= 15 is 0 Å². The van der Waals surface area contributed by atoms with Gasteiger partial charge in [0.2, 0.25) is 5.91 Å². The summed E-state index contributed by atoms with van der Waals surface area (Å²) in [5.41, 5.74) is 6.44. The van der Waals surface area contributed by atoms with Gasteiger partial charge in [0, 0.05) is 31.7 Å². The number of aryl methyl sites for hydroxylation is 1. The zero-order valence-electron chi connectivity index (χ0n) is 16.2. The van der Waals surface area contributed by atoms with Crippen molar-refractivity contribution in [2.45, 2.75) is 31.7 Å². The van der Waals surface area contributed by atoms with Gasteiger partial charge in [-0.3, -0.25) is 4.79 Å². The monoisotopic (exact) mass is 396 g/mol. The average molecular weight is 396 g/mol. The number of carbonyl (C=O) groups is 1. The molecule has 2 aliphatic rings. The Morgan fingerprint density at radius 3 is 2.97 bits per heavy atom. The number of amides is 1. The minimum atomic E-state index is -0.336. The van der Waals surface area contributed by atoms with Crippen LogP contribution in [0.3, 0.4) is 0 Å². The standard InChI is InChI=1S/C21H25FN6O/c22-17-6-7-19(25-12-17)27-9-10-28-18(13-27)11-16(21(28)29)4-1-3-15-5-2-8-24-20(15)26-14-23/h2,5-8,12,14,16,18H,1,3-4,9-11,13H2,(H2,23,24,26)/t16-,18-/m1/s1. The highest BCUT2D eigenvalue weighted by molar-refractivity contribution is 5.82. The van der Waals surface area contributed by atoms with E-state index in [1.165, 1.54) is 18.6 Å². The van der Waals surface area contributed by atoms with Gasteiger partial charge in [-0.2, -0.15) is 0 Å². The highest BCUT2D eigenvalue weighted by Crippen LogP contribution is 2.32. The maximum atomic E-state index is 13.1. The van der Waals surface area contributed by atoms with Crippen molar-refractivity contribution in [3.05, 3.63) is 48.0 Å². The van der Waals surface area contributed by atoms with Gasteiger partial charge in [-0.15, -0.1) is 0 Å². The summed E-state index contributed by atoms with van der Waals surface area (Å²) in [7, 11) is 0. The van der Waals surface area contributed by atoms with Gasteiger partial charge in [-0.25, -0.2) is 19.4 Å². The van der Waals surface area contributed by atoms with Crippen LogP contribution in [0.4, 0.5) is 16.0 Å². The molecule has 0 saturated carbocycles. The molecule has 2 N–H and O–H groups in total. The van der Waals surface area contributed by atoms with E-state index in [1.807, 2.05) is 17.0 Å². The number of carbonyl (C=O) groups excluding carboxylic acids is 1. The number of nitrogens with zero attached hydrogens (tertiary/aromatic N) is 5. The van der Waals surface area contributed by atoms with E-state index in [9.17, 15) is 9.18 Å². The zero-order chi connectivity index (χ0) is 20.2. The number of nitrogens with two attached hydrogens (primary N) is 1. The van der Waals surface area contributed by atoms with Crippen molar-refractivity contribution in [1.29, 1.82) is 0 Å². The Bertz CT molecular complexity index is 887. The van der Waals surface area contributed by atoms with Crippen LogP contribution in [0.2, 0.25) is 0 Å². The Balaban J connectivity index is 1.33. The predicted molar refractivity (Wildman–Crippen MR) is 110 cm³/mol. The fourth-order valence-electron chi connectivity index (χ4n) is 4.37. The van der Waals surface area contributed by atoms with Gasteiger partial charge in [0.05, 0.1) is 18.6 Å². The van der Waals surface area contributed by atoms with Crippen LogP contribution in [-0.2, 0) is 11.2 Å². The summed E-state index contributed by atoms with van der Waals surface area (Å²) >= 11 is 0. The van der Waals surface area contributed by atoms with Gasteiger partial charge in [-0.05, 0) is 49.4 Å². The van der Waals surface area contributed by atoms with Crippen molar-refractivity contribution >= 4 is 23.9 Å². The first kappa shape index (κ1) is 19.3. The van der Waals surface area contributed by atoms with Gasteiger partial charge < -0.3 is 15.5 Å². The molecule has 29 heavy (non-hydrogen) atoms. The molecule has 2 atom stereocenters. The topological polar surface area (TPSA) is 87.7 Å². The van der Waals surface area contributed by atoms with Crippen LogP contribution in [0.15, 0.2) is 41.7 Å². The molecule has 4 rings (SSSR count).